The SMILES string of the molecule is COCCn1ccc2c(C(=O)N3CCN(C(=O)c4ccco4)CC3)cccc21. The van der Waals surface area contributed by atoms with Gasteiger partial charge in [0.2, 0.25) is 0 Å². The molecule has 0 radical (unpaired) electrons. The molecule has 3 aromatic rings. The molecule has 0 unspecified atom stereocenters. The number of aromatic nitrogens is 1. The molecule has 1 saturated heterocycles. The molecule has 146 valence electrons. The van der Waals surface area contributed by atoms with Crippen LogP contribution in [0.4, 0.5) is 0 Å². The summed E-state index contributed by atoms with van der Waals surface area (Å²) in [6, 6.07) is 11.1. The summed E-state index contributed by atoms with van der Waals surface area (Å²) < 4.78 is 12.4. The van der Waals surface area contributed by atoms with Crippen molar-refractivity contribution in [3.05, 3.63) is 60.2 Å². The van der Waals surface area contributed by atoms with Gasteiger partial charge in [-0.2, -0.15) is 0 Å². The average Bonchev–Trinajstić information content (AvgIpc) is 3.41. The molecule has 1 fully saturated rings. The summed E-state index contributed by atoms with van der Waals surface area (Å²) in [5.41, 5.74) is 1.72. The fourth-order valence-corrected chi connectivity index (χ4v) is 3.63. The highest BCUT2D eigenvalue weighted by atomic mass is 16.5. The largest absolute Gasteiger partial charge is 0.459 e. The van der Waals surface area contributed by atoms with Gasteiger partial charge in [0, 0.05) is 62.5 Å². The van der Waals surface area contributed by atoms with Gasteiger partial charge in [0.25, 0.3) is 11.8 Å². The van der Waals surface area contributed by atoms with Crippen LogP contribution in [0, 0.1) is 0 Å². The van der Waals surface area contributed by atoms with Gasteiger partial charge in [-0.05, 0) is 30.3 Å². The Labute approximate surface area is 163 Å². The van der Waals surface area contributed by atoms with Crippen molar-refractivity contribution < 1.29 is 18.7 Å². The van der Waals surface area contributed by atoms with Crippen molar-refractivity contribution in [1.29, 1.82) is 0 Å². The van der Waals surface area contributed by atoms with Gasteiger partial charge in [0.05, 0.1) is 12.9 Å². The third-order valence-corrected chi connectivity index (χ3v) is 5.17. The summed E-state index contributed by atoms with van der Waals surface area (Å²) in [7, 11) is 1.68. The molecular weight excluding hydrogens is 358 g/mol. The van der Waals surface area contributed by atoms with Crippen molar-refractivity contribution in [2.24, 2.45) is 0 Å². The number of amides is 2. The van der Waals surface area contributed by atoms with Gasteiger partial charge in [0.15, 0.2) is 5.76 Å². The lowest BCUT2D eigenvalue weighted by atomic mass is 10.1. The molecule has 4 rings (SSSR count). The van der Waals surface area contributed by atoms with Gasteiger partial charge in [-0.3, -0.25) is 9.59 Å². The Hall–Kier alpha value is -3.06. The zero-order valence-corrected chi connectivity index (χ0v) is 15.8. The van der Waals surface area contributed by atoms with Gasteiger partial charge < -0.3 is 23.5 Å². The first-order valence-corrected chi connectivity index (χ1v) is 9.38. The summed E-state index contributed by atoms with van der Waals surface area (Å²) in [5, 5.41) is 0.942. The molecule has 28 heavy (non-hydrogen) atoms. The molecule has 1 aliphatic rings. The Balaban J connectivity index is 1.47. The molecule has 0 saturated carbocycles. The molecule has 2 amide bonds. The van der Waals surface area contributed by atoms with E-state index in [0.717, 1.165) is 17.4 Å². The second kappa shape index (κ2) is 7.90. The maximum absolute atomic E-state index is 13.1. The lowest BCUT2D eigenvalue weighted by Gasteiger charge is -2.34. The number of benzene rings is 1. The van der Waals surface area contributed by atoms with Crippen LogP contribution in [-0.2, 0) is 11.3 Å². The van der Waals surface area contributed by atoms with Crippen LogP contribution in [0.3, 0.4) is 0 Å². The van der Waals surface area contributed by atoms with Crippen molar-refractivity contribution in [1.82, 2.24) is 14.4 Å². The molecule has 0 atom stereocenters. The van der Waals surface area contributed by atoms with Gasteiger partial charge in [-0.15, -0.1) is 0 Å². The smallest absolute Gasteiger partial charge is 0.289 e. The van der Waals surface area contributed by atoms with Crippen LogP contribution in [0.5, 0.6) is 0 Å². The first kappa shape index (κ1) is 18.3. The lowest BCUT2D eigenvalue weighted by molar-refractivity contribution is 0.0519. The van der Waals surface area contributed by atoms with E-state index < -0.39 is 0 Å². The zero-order valence-electron chi connectivity index (χ0n) is 15.8. The van der Waals surface area contributed by atoms with Crippen LogP contribution >= 0.6 is 0 Å². The maximum Gasteiger partial charge on any atom is 0.289 e. The van der Waals surface area contributed by atoms with E-state index in [2.05, 4.69) is 4.57 Å². The molecule has 0 aliphatic carbocycles. The van der Waals surface area contributed by atoms with E-state index >= 15 is 0 Å². The summed E-state index contributed by atoms with van der Waals surface area (Å²) in [5.74, 6) is 0.205. The zero-order chi connectivity index (χ0) is 19.5. The topological polar surface area (TPSA) is 67.9 Å². The van der Waals surface area contributed by atoms with Gasteiger partial charge in [-0.1, -0.05) is 6.07 Å². The molecule has 2 aromatic heterocycles. The molecule has 1 aromatic carbocycles. The summed E-state index contributed by atoms with van der Waals surface area (Å²) in [4.78, 5) is 29.0. The van der Waals surface area contributed by atoms with Crippen LogP contribution in [0.2, 0.25) is 0 Å². The Morgan fingerprint density at radius 2 is 1.75 bits per heavy atom. The molecule has 3 heterocycles. The minimum Gasteiger partial charge on any atom is -0.459 e. The number of piperazine rings is 1. The van der Waals surface area contributed by atoms with Crippen LogP contribution in [0.15, 0.2) is 53.3 Å². The Bertz CT molecular complexity index is 969. The summed E-state index contributed by atoms with van der Waals surface area (Å²) in [6.45, 7) is 3.36. The maximum atomic E-state index is 13.1. The van der Waals surface area contributed by atoms with E-state index in [1.165, 1.54) is 6.26 Å². The fourth-order valence-electron chi connectivity index (χ4n) is 3.63. The first-order valence-electron chi connectivity index (χ1n) is 9.38. The molecule has 0 N–H and O–H groups in total. The molecular formula is C21H23N3O4. The molecule has 0 bridgehead atoms. The third-order valence-electron chi connectivity index (χ3n) is 5.17. The van der Waals surface area contributed by atoms with Crippen molar-refractivity contribution in [2.75, 3.05) is 39.9 Å². The highest BCUT2D eigenvalue weighted by Crippen LogP contribution is 2.22. The monoisotopic (exact) mass is 381 g/mol. The molecule has 7 heteroatoms. The minimum absolute atomic E-state index is 0.000175. The lowest BCUT2D eigenvalue weighted by Crippen LogP contribution is -2.50. The van der Waals surface area contributed by atoms with Crippen LogP contribution < -0.4 is 0 Å². The highest BCUT2D eigenvalue weighted by Gasteiger charge is 2.27. The average molecular weight is 381 g/mol. The number of ether oxygens (including phenoxy) is 1. The van der Waals surface area contributed by atoms with E-state index in [9.17, 15) is 9.59 Å². The second-order valence-corrected chi connectivity index (χ2v) is 6.80. The van der Waals surface area contributed by atoms with Crippen LogP contribution in [0.1, 0.15) is 20.9 Å². The predicted octanol–water partition coefficient (Wildman–Crippen LogP) is 2.48. The number of hydrogen-bond donors (Lipinski definition) is 0. The second-order valence-electron chi connectivity index (χ2n) is 6.80. The van der Waals surface area contributed by atoms with Crippen LogP contribution in [-0.4, -0.2) is 66.1 Å². The van der Waals surface area contributed by atoms with Gasteiger partial charge in [0.1, 0.15) is 0 Å². The Morgan fingerprint density at radius 1 is 1.00 bits per heavy atom. The van der Waals surface area contributed by atoms with Gasteiger partial charge in [-0.25, -0.2) is 0 Å². The predicted molar refractivity (Wildman–Crippen MR) is 104 cm³/mol. The molecule has 0 spiro atoms. The van der Waals surface area contributed by atoms with E-state index in [1.807, 2.05) is 35.4 Å². The summed E-state index contributed by atoms with van der Waals surface area (Å²) in [6.07, 6.45) is 3.48. The van der Waals surface area contributed by atoms with Crippen molar-refractivity contribution in [2.45, 2.75) is 6.54 Å². The number of rotatable bonds is 5. The van der Waals surface area contributed by atoms with E-state index in [1.54, 1.807) is 24.1 Å². The van der Waals surface area contributed by atoms with E-state index in [-0.39, 0.29) is 11.8 Å². The summed E-state index contributed by atoms with van der Waals surface area (Å²) >= 11 is 0. The number of nitrogens with zero attached hydrogens (tertiary/aromatic N) is 3. The quantitative estimate of drug-likeness (QED) is 0.681. The fraction of sp³-hybridized carbons (Fsp3) is 0.333. The minimum atomic E-state index is -0.130. The van der Waals surface area contributed by atoms with Gasteiger partial charge >= 0.3 is 0 Å². The van der Waals surface area contributed by atoms with E-state index in [0.29, 0.717) is 44.1 Å². The van der Waals surface area contributed by atoms with Crippen LogP contribution in [0.25, 0.3) is 10.9 Å². The number of hydrogen-bond acceptors (Lipinski definition) is 4. The van der Waals surface area contributed by atoms with Crippen molar-refractivity contribution in [3.8, 4) is 0 Å². The number of methoxy groups -OCH3 is 1. The van der Waals surface area contributed by atoms with Crippen molar-refractivity contribution >= 4 is 22.7 Å². The standard InChI is InChI=1S/C21H23N3O4/c1-27-15-13-22-8-7-16-17(4-2-5-18(16)22)20(25)23-9-11-24(12-10-23)21(26)19-6-3-14-28-19/h2-8,14H,9-13,15H2,1H3. The number of furan rings is 1. The number of carbonyl (C=O) groups excluding carboxylic acids is 2. The number of carbonyl (C=O) groups is 2. The number of fused-ring (bicyclic) bond motifs is 1. The van der Waals surface area contributed by atoms with E-state index in [4.69, 9.17) is 9.15 Å². The highest BCUT2D eigenvalue weighted by molar-refractivity contribution is 6.06. The Morgan fingerprint density at radius 3 is 2.43 bits per heavy atom. The first-order chi connectivity index (χ1) is 13.7. The Kier molecular flexibility index (Phi) is 5.16. The molecule has 1 aliphatic heterocycles. The molecule has 7 nitrogen and oxygen atoms in total. The third kappa shape index (κ3) is 3.41. The van der Waals surface area contributed by atoms with Crippen molar-refractivity contribution in [3.63, 3.8) is 0 Å². The normalized spacial score (nSPS) is 14.6.